The molecule has 3 saturated heterocycles. The molecular formula is C27H31F3N6O2. The number of alkyl halides is 3. The lowest BCUT2D eigenvalue weighted by atomic mass is 10.0. The summed E-state index contributed by atoms with van der Waals surface area (Å²) in [4.78, 5) is 24.4. The van der Waals surface area contributed by atoms with Crippen LogP contribution in [0.5, 0.6) is 0 Å². The van der Waals surface area contributed by atoms with Crippen LogP contribution in [0.1, 0.15) is 37.7 Å². The van der Waals surface area contributed by atoms with Gasteiger partial charge in [0, 0.05) is 43.1 Å². The van der Waals surface area contributed by atoms with Crippen molar-refractivity contribution >= 4 is 28.9 Å². The van der Waals surface area contributed by atoms with Crippen LogP contribution < -0.4 is 20.4 Å². The number of benzene rings is 1. The first-order valence-electron chi connectivity index (χ1n) is 13.4. The van der Waals surface area contributed by atoms with Crippen molar-refractivity contribution in [3.05, 3.63) is 42.1 Å². The van der Waals surface area contributed by atoms with E-state index >= 15 is 0 Å². The van der Waals surface area contributed by atoms with Crippen molar-refractivity contribution in [2.75, 3.05) is 41.4 Å². The molecule has 4 aliphatic heterocycles. The van der Waals surface area contributed by atoms with E-state index in [1.54, 1.807) is 16.0 Å². The number of carbonyl (C=O) groups is 1. The van der Waals surface area contributed by atoms with Crippen LogP contribution in [0, 0.1) is 0 Å². The Labute approximate surface area is 219 Å². The van der Waals surface area contributed by atoms with E-state index in [9.17, 15) is 18.0 Å². The van der Waals surface area contributed by atoms with Crippen LogP contribution in [0.3, 0.4) is 0 Å². The predicted molar refractivity (Wildman–Crippen MR) is 137 cm³/mol. The zero-order valence-corrected chi connectivity index (χ0v) is 21.0. The number of morpholine rings is 1. The summed E-state index contributed by atoms with van der Waals surface area (Å²) in [5, 5.41) is 6.28. The smallest absolute Gasteiger partial charge is 0.374 e. The first kappa shape index (κ1) is 24.0. The Kier molecular flexibility index (Phi) is 5.52. The molecule has 5 aliphatic rings. The minimum atomic E-state index is -4.23. The summed E-state index contributed by atoms with van der Waals surface area (Å²) in [5.74, 6) is 0.718. The molecule has 1 aromatic carbocycles. The van der Waals surface area contributed by atoms with Crippen LogP contribution in [-0.2, 0) is 11.3 Å². The molecular weight excluding hydrogens is 497 g/mol. The van der Waals surface area contributed by atoms with Gasteiger partial charge in [0.05, 0.1) is 36.7 Å². The highest BCUT2D eigenvalue weighted by Crippen LogP contribution is 2.49. The van der Waals surface area contributed by atoms with Gasteiger partial charge in [-0.15, -0.1) is 0 Å². The van der Waals surface area contributed by atoms with E-state index in [1.165, 1.54) is 0 Å². The van der Waals surface area contributed by atoms with E-state index in [0.717, 1.165) is 48.0 Å². The van der Waals surface area contributed by atoms with Gasteiger partial charge in [-0.1, -0.05) is 6.07 Å². The maximum absolute atomic E-state index is 14.0. The molecule has 0 radical (unpaired) electrons. The number of fused-ring (bicyclic) bond motifs is 4. The highest BCUT2D eigenvalue weighted by molar-refractivity contribution is 5.98. The number of anilines is 4. The summed E-state index contributed by atoms with van der Waals surface area (Å²) < 4.78 is 46.1. The summed E-state index contributed by atoms with van der Waals surface area (Å²) in [5.41, 5.74) is 1.82. The second-order valence-electron chi connectivity index (χ2n) is 11.2. The number of nitrogens with one attached hydrogen (secondary N) is 2. The van der Waals surface area contributed by atoms with Gasteiger partial charge >= 0.3 is 12.2 Å². The van der Waals surface area contributed by atoms with Crippen molar-refractivity contribution in [1.29, 1.82) is 0 Å². The van der Waals surface area contributed by atoms with Gasteiger partial charge in [0.2, 0.25) is 0 Å². The summed E-state index contributed by atoms with van der Waals surface area (Å²) >= 11 is 0. The Morgan fingerprint density at radius 1 is 1.18 bits per heavy atom. The van der Waals surface area contributed by atoms with Crippen LogP contribution in [-0.4, -0.2) is 72.1 Å². The van der Waals surface area contributed by atoms with Gasteiger partial charge < -0.3 is 25.2 Å². The second kappa shape index (κ2) is 8.74. The molecule has 1 aromatic heterocycles. The van der Waals surface area contributed by atoms with E-state index < -0.39 is 11.7 Å². The number of halogens is 3. The number of urea groups is 1. The largest absolute Gasteiger partial charge is 0.406 e. The van der Waals surface area contributed by atoms with E-state index in [4.69, 9.17) is 4.74 Å². The molecule has 5 heterocycles. The van der Waals surface area contributed by atoms with Gasteiger partial charge in [-0.05, 0) is 56.4 Å². The Balaban J connectivity index is 1.13. The van der Waals surface area contributed by atoms with Crippen molar-refractivity contribution in [1.82, 2.24) is 15.2 Å². The van der Waals surface area contributed by atoms with Gasteiger partial charge in [-0.25, -0.2) is 9.78 Å². The van der Waals surface area contributed by atoms with Gasteiger partial charge in [-0.2, -0.15) is 13.2 Å². The van der Waals surface area contributed by atoms with Crippen LogP contribution in [0.25, 0.3) is 0 Å². The number of hydrogen-bond acceptors (Lipinski definition) is 6. The van der Waals surface area contributed by atoms with E-state index in [2.05, 4.69) is 32.7 Å². The fourth-order valence-corrected chi connectivity index (χ4v) is 6.39. The number of carbonyl (C=O) groups excluding carboxylic acids is 1. The fraction of sp³-hybridized carbons (Fsp3) is 0.556. The fourth-order valence-electron chi connectivity index (χ4n) is 6.39. The topological polar surface area (TPSA) is 73.0 Å². The number of pyridine rings is 1. The molecule has 8 nitrogen and oxygen atoms in total. The molecule has 1 aliphatic carbocycles. The van der Waals surface area contributed by atoms with E-state index in [1.807, 2.05) is 18.2 Å². The number of likely N-dealkylation sites (tertiary alicyclic amines) is 1. The Hall–Kier alpha value is -3.05. The first-order chi connectivity index (χ1) is 18.3. The standard InChI is InChI=1S/C27H31F3N6O2/c28-27(29,30)26(7-8-26)33-18-5-10-34(11-6-18)25(37)36-14-17-2-1-9-31-24(17)32-22-4-3-19(13-23(22)36)35-15-21-12-20(35)16-38-21/h1-4,9,13,18,20-21,33H,5-8,10-12,14-16H2,(H,31,32)/t20-,21-/m0/s1. The Morgan fingerprint density at radius 2 is 2.00 bits per heavy atom. The predicted octanol–water partition coefficient (Wildman–Crippen LogP) is 4.39. The third-order valence-corrected chi connectivity index (χ3v) is 8.75. The maximum Gasteiger partial charge on any atom is 0.406 e. The lowest BCUT2D eigenvalue weighted by Crippen LogP contribution is -2.55. The van der Waals surface area contributed by atoms with Crippen molar-refractivity contribution in [3.63, 3.8) is 0 Å². The summed E-state index contributed by atoms with van der Waals surface area (Å²) in [6.45, 7) is 2.74. The van der Waals surface area contributed by atoms with Crippen LogP contribution in [0.15, 0.2) is 36.5 Å². The molecule has 7 rings (SSSR count). The molecule has 2 amide bonds. The molecule has 4 fully saturated rings. The summed E-state index contributed by atoms with van der Waals surface area (Å²) in [6, 6.07) is 9.94. The highest BCUT2D eigenvalue weighted by Gasteiger charge is 2.63. The molecule has 0 unspecified atom stereocenters. The number of ether oxygens (including phenoxy) is 1. The average Bonchev–Trinajstić information content (AvgIpc) is 3.46. The zero-order chi connectivity index (χ0) is 26.1. The van der Waals surface area contributed by atoms with Gasteiger partial charge in [-0.3, -0.25) is 4.90 Å². The second-order valence-corrected chi connectivity index (χ2v) is 11.2. The number of aromatic nitrogens is 1. The van der Waals surface area contributed by atoms with Gasteiger partial charge in [0.25, 0.3) is 0 Å². The molecule has 2 N–H and O–H groups in total. The monoisotopic (exact) mass is 528 g/mol. The van der Waals surface area contributed by atoms with Crippen molar-refractivity contribution in [2.24, 2.45) is 0 Å². The van der Waals surface area contributed by atoms with Crippen LogP contribution in [0.2, 0.25) is 0 Å². The molecule has 0 spiro atoms. The van der Waals surface area contributed by atoms with E-state index in [0.29, 0.717) is 38.5 Å². The SMILES string of the molecule is O=C(N1CCC(NC2(C(F)(F)F)CC2)CC1)N1Cc2cccnc2Nc2ccc(N3C[C@@H]4C[C@H]3CO4)cc21. The molecule has 2 aromatic rings. The third kappa shape index (κ3) is 4.07. The molecule has 2 bridgehead atoms. The molecule has 1 saturated carbocycles. The normalized spacial score (nSPS) is 26.0. The lowest BCUT2D eigenvalue weighted by Gasteiger charge is -2.38. The number of hydrogen-bond donors (Lipinski definition) is 2. The van der Waals surface area contributed by atoms with Gasteiger partial charge in [0.1, 0.15) is 11.4 Å². The Bertz CT molecular complexity index is 1240. The van der Waals surface area contributed by atoms with Gasteiger partial charge in [0.15, 0.2) is 0 Å². The number of amides is 2. The summed E-state index contributed by atoms with van der Waals surface area (Å²) in [7, 11) is 0. The van der Waals surface area contributed by atoms with Crippen molar-refractivity contribution < 1.29 is 22.7 Å². The van der Waals surface area contributed by atoms with Crippen molar-refractivity contribution in [3.8, 4) is 0 Å². The van der Waals surface area contributed by atoms with Crippen molar-refractivity contribution in [2.45, 2.75) is 68.6 Å². The highest BCUT2D eigenvalue weighted by atomic mass is 19.4. The summed E-state index contributed by atoms with van der Waals surface area (Å²) in [6.07, 6.45) is 0.0276. The Morgan fingerprint density at radius 3 is 2.68 bits per heavy atom. The molecule has 202 valence electrons. The average molecular weight is 529 g/mol. The van der Waals surface area contributed by atoms with Crippen LogP contribution in [0.4, 0.5) is 40.8 Å². The molecule has 2 atom stereocenters. The number of nitrogens with zero attached hydrogens (tertiary/aromatic N) is 4. The zero-order valence-electron chi connectivity index (χ0n) is 21.0. The molecule has 38 heavy (non-hydrogen) atoms. The third-order valence-electron chi connectivity index (χ3n) is 8.75. The quantitative estimate of drug-likeness (QED) is 0.616. The minimum absolute atomic E-state index is 0.133. The number of rotatable bonds is 3. The maximum atomic E-state index is 14.0. The first-order valence-corrected chi connectivity index (χ1v) is 13.4. The van der Waals surface area contributed by atoms with E-state index in [-0.39, 0.29) is 31.0 Å². The number of piperidine rings is 1. The minimum Gasteiger partial charge on any atom is -0.374 e. The lowest BCUT2D eigenvalue weighted by molar-refractivity contribution is -0.168. The molecule has 11 heteroatoms. The van der Waals surface area contributed by atoms with Crippen LogP contribution >= 0.6 is 0 Å².